The monoisotopic (exact) mass is 706 g/mol. The zero-order valence-corrected chi connectivity index (χ0v) is 29.8. The molecule has 3 aromatic heterocycles. The first-order valence-corrected chi connectivity index (χ1v) is 19.2. The van der Waals surface area contributed by atoms with E-state index in [0.717, 1.165) is 44.7 Å². The highest BCUT2D eigenvalue weighted by Crippen LogP contribution is 2.45. The molecule has 54 heavy (non-hydrogen) atoms. The Morgan fingerprint density at radius 1 is 0.407 bits per heavy atom. The summed E-state index contributed by atoms with van der Waals surface area (Å²) in [4.78, 5) is 2.39. The number of aromatic nitrogens is 1. The molecule has 0 aliphatic carbocycles. The summed E-state index contributed by atoms with van der Waals surface area (Å²) < 4.78 is 11.5. The molecule has 0 unspecified atom stereocenters. The van der Waals surface area contributed by atoms with Crippen LogP contribution in [0.3, 0.4) is 0 Å². The molecule has 0 aliphatic heterocycles. The number of para-hydroxylation sites is 2. The van der Waals surface area contributed by atoms with Gasteiger partial charge in [-0.15, -0.1) is 11.3 Å². The second-order valence-electron chi connectivity index (χ2n) is 14.1. The molecule has 0 aliphatic rings. The summed E-state index contributed by atoms with van der Waals surface area (Å²) >= 11 is 1.87. The van der Waals surface area contributed by atoms with Gasteiger partial charge in [0.2, 0.25) is 0 Å². The van der Waals surface area contributed by atoms with Gasteiger partial charge in [-0.2, -0.15) is 0 Å². The van der Waals surface area contributed by atoms with E-state index in [1.807, 2.05) is 23.5 Å². The quantitative estimate of drug-likeness (QED) is 0.182. The van der Waals surface area contributed by atoms with Crippen LogP contribution in [0.25, 0.3) is 91.1 Å². The second-order valence-corrected chi connectivity index (χ2v) is 15.2. The van der Waals surface area contributed by atoms with Crippen molar-refractivity contribution in [2.75, 3.05) is 4.90 Å². The molecule has 0 atom stereocenters. The maximum absolute atomic E-state index is 6.45. The predicted octanol–water partition coefficient (Wildman–Crippen LogP) is 14.8. The third-order valence-corrected chi connectivity index (χ3v) is 12.3. The van der Waals surface area contributed by atoms with Crippen molar-refractivity contribution in [3.63, 3.8) is 0 Å². The van der Waals surface area contributed by atoms with Gasteiger partial charge in [-0.3, -0.25) is 0 Å². The molecule has 0 saturated carbocycles. The topological polar surface area (TPSA) is 21.3 Å². The van der Waals surface area contributed by atoms with Crippen LogP contribution < -0.4 is 4.90 Å². The molecule has 12 rings (SSSR count). The van der Waals surface area contributed by atoms with E-state index in [9.17, 15) is 0 Å². The van der Waals surface area contributed by atoms with E-state index in [4.69, 9.17) is 4.42 Å². The van der Waals surface area contributed by atoms with Crippen LogP contribution in [0, 0.1) is 0 Å². The zero-order valence-electron chi connectivity index (χ0n) is 29.0. The Morgan fingerprint density at radius 2 is 1.13 bits per heavy atom. The molecular formula is C50H30N2OS. The minimum absolute atomic E-state index is 0.874. The van der Waals surface area contributed by atoms with Gasteiger partial charge in [-0.05, 0) is 95.0 Å². The normalized spacial score (nSPS) is 12.1. The third-order valence-electron chi connectivity index (χ3n) is 11.1. The summed E-state index contributed by atoms with van der Waals surface area (Å²) in [7, 11) is 0. The van der Waals surface area contributed by atoms with Crippen LogP contribution in [0.15, 0.2) is 186 Å². The lowest BCUT2D eigenvalue weighted by atomic mass is 10.0. The minimum atomic E-state index is 0.874. The zero-order chi connectivity index (χ0) is 35.3. The summed E-state index contributed by atoms with van der Waals surface area (Å²) in [6.07, 6.45) is 0. The van der Waals surface area contributed by atoms with E-state index in [1.54, 1.807) is 0 Å². The van der Waals surface area contributed by atoms with Gasteiger partial charge in [0.1, 0.15) is 11.2 Å². The van der Waals surface area contributed by atoms with E-state index in [2.05, 4.69) is 179 Å². The summed E-state index contributed by atoms with van der Waals surface area (Å²) in [6.45, 7) is 0. The molecule has 3 heterocycles. The number of hydrogen-bond donors (Lipinski definition) is 0. The van der Waals surface area contributed by atoms with Crippen LogP contribution >= 0.6 is 11.3 Å². The van der Waals surface area contributed by atoms with Gasteiger partial charge in [-0.1, -0.05) is 97.1 Å². The molecule has 4 heteroatoms. The first-order valence-electron chi connectivity index (χ1n) is 18.3. The van der Waals surface area contributed by atoms with Crippen LogP contribution in [-0.4, -0.2) is 4.57 Å². The number of hydrogen-bond acceptors (Lipinski definition) is 3. The number of thiophene rings is 1. The Morgan fingerprint density at radius 3 is 2.06 bits per heavy atom. The summed E-state index contributed by atoms with van der Waals surface area (Å²) in [5.74, 6) is 0. The number of benzene rings is 9. The molecule has 9 aromatic carbocycles. The maximum atomic E-state index is 6.45. The average molecular weight is 707 g/mol. The lowest BCUT2D eigenvalue weighted by Gasteiger charge is -2.27. The maximum Gasteiger partial charge on any atom is 0.137 e. The molecule has 0 amide bonds. The number of rotatable bonds is 4. The standard InChI is InChI=1S/C50H30N2OS/c1-2-13-33(14-3-1)52-44-25-23-34(28-41(44)42-30-40-32(27-45(42)52)21-26-49-50(40)39-17-7-9-20-48(39)54-49)51(43-18-10-12-31-11-4-5-15-36(31)43)35-22-24-38-37-16-6-8-19-46(37)53-47(38)29-35/h1-30H. The minimum Gasteiger partial charge on any atom is -0.456 e. The van der Waals surface area contributed by atoms with Gasteiger partial charge in [0.05, 0.1) is 16.7 Å². The number of nitrogens with zero attached hydrogens (tertiary/aromatic N) is 2. The third kappa shape index (κ3) is 4.29. The fourth-order valence-electron chi connectivity index (χ4n) is 8.73. The van der Waals surface area contributed by atoms with Gasteiger partial charge < -0.3 is 13.9 Å². The van der Waals surface area contributed by atoms with E-state index in [-0.39, 0.29) is 0 Å². The van der Waals surface area contributed by atoms with E-state index in [0.29, 0.717) is 0 Å². The van der Waals surface area contributed by atoms with E-state index in [1.165, 1.54) is 63.5 Å². The van der Waals surface area contributed by atoms with E-state index >= 15 is 0 Å². The van der Waals surface area contributed by atoms with Gasteiger partial charge in [0.25, 0.3) is 0 Å². The lowest BCUT2D eigenvalue weighted by Crippen LogP contribution is -2.10. The Bertz CT molecular complexity index is 3460. The van der Waals surface area contributed by atoms with Crippen molar-refractivity contribution in [3.8, 4) is 5.69 Å². The molecule has 0 fully saturated rings. The van der Waals surface area contributed by atoms with Crippen LogP contribution in [0.2, 0.25) is 0 Å². The SMILES string of the molecule is c1ccc(-n2c3ccc(N(c4ccc5c(c4)oc4ccccc45)c4cccc5ccccc45)cc3c3cc4c(ccc5sc6ccccc6c54)cc32)cc1. The van der Waals surface area contributed by atoms with Gasteiger partial charge >= 0.3 is 0 Å². The van der Waals surface area contributed by atoms with Gasteiger partial charge in [0, 0.05) is 70.2 Å². The predicted molar refractivity (Wildman–Crippen MR) is 231 cm³/mol. The Kier molecular flexibility index (Phi) is 6.21. The fourth-order valence-corrected chi connectivity index (χ4v) is 9.85. The van der Waals surface area contributed by atoms with Crippen molar-refractivity contribution in [2.24, 2.45) is 0 Å². The Labute approximate surface area is 314 Å². The van der Waals surface area contributed by atoms with Crippen molar-refractivity contribution in [2.45, 2.75) is 0 Å². The molecule has 0 N–H and O–H groups in total. The largest absolute Gasteiger partial charge is 0.456 e. The molecular weight excluding hydrogens is 677 g/mol. The highest BCUT2D eigenvalue weighted by atomic mass is 32.1. The van der Waals surface area contributed by atoms with Crippen LogP contribution in [-0.2, 0) is 0 Å². The smallest absolute Gasteiger partial charge is 0.137 e. The molecule has 3 nitrogen and oxygen atoms in total. The fraction of sp³-hybridized carbons (Fsp3) is 0. The Hall–Kier alpha value is -6.88. The summed E-state index contributed by atoms with van der Waals surface area (Å²) in [6, 6.07) is 66.1. The van der Waals surface area contributed by atoms with Crippen molar-refractivity contribution in [3.05, 3.63) is 182 Å². The Balaban J connectivity index is 1.17. The molecule has 252 valence electrons. The van der Waals surface area contributed by atoms with Gasteiger partial charge in [-0.25, -0.2) is 0 Å². The number of fused-ring (bicyclic) bond motifs is 12. The number of furan rings is 1. The molecule has 0 bridgehead atoms. The highest BCUT2D eigenvalue weighted by molar-refractivity contribution is 7.26. The summed E-state index contributed by atoms with van der Waals surface area (Å²) in [5.41, 5.74) is 8.53. The van der Waals surface area contributed by atoms with Gasteiger partial charge in [0.15, 0.2) is 0 Å². The summed E-state index contributed by atoms with van der Waals surface area (Å²) in [5, 5.41) is 12.3. The first kappa shape index (κ1) is 29.7. The van der Waals surface area contributed by atoms with Crippen LogP contribution in [0.4, 0.5) is 17.1 Å². The van der Waals surface area contributed by atoms with Crippen LogP contribution in [0.5, 0.6) is 0 Å². The van der Waals surface area contributed by atoms with Crippen molar-refractivity contribution < 1.29 is 4.42 Å². The highest BCUT2D eigenvalue weighted by Gasteiger charge is 2.21. The first-order chi connectivity index (χ1) is 26.8. The average Bonchev–Trinajstić information content (AvgIpc) is 3.89. The van der Waals surface area contributed by atoms with E-state index < -0.39 is 0 Å². The van der Waals surface area contributed by atoms with Crippen molar-refractivity contribution >= 4 is 114 Å². The van der Waals surface area contributed by atoms with Crippen molar-refractivity contribution in [1.82, 2.24) is 4.57 Å². The number of anilines is 3. The molecule has 0 radical (unpaired) electrons. The molecule has 0 saturated heterocycles. The lowest BCUT2D eigenvalue weighted by molar-refractivity contribution is 0.669. The van der Waals surface area contributed by atoms with Crippen LogP contribution in [0.1, 0.15) is 0 Å². The second kappa shape index (κ2) is 11.3. The molecule has 0 spiro atoms. The molecule has 12 aromatic rings. The van der Waals surface area contributed by atoms with Crippen molar-refractivity contribution in [1.29, 1.82) is 0 Å².